The molecule has 1 aromatic rings. The number of hydrazine groups is 1. The predicted octanol–water partition coefficient (Wildman–Crippen LogP) is 2.02. The maximum absolute atomic E-state index is 5.81. The lowest BCUT2D eigenvalue weighted by Gasteiger charge is -2.42. The number of hydrogen-bond donors (Lipinski definition) is 2. The van der Waals surface area contributed by atoms with Crippen molar-refractivity contribution in [3.8, 4) is 0 Å². The van der Waals surface area contributed by atoms with E-state index in [1.807, 2.05) is 18.2 Å². The quantitative estimate of drug-likeness (QED) is 0.641. The lowest BCUT2D eigenvalue weighted by Crippen LogP contribution is -2.58. The van der Waals surface area contributed by atoms with Gasteiger partial charge in [0.25, 0.3) is 0 Å². The summed E-state index contributed by atoms with van der Waals surface area (Å²) in [6, 6.07) is 8.28. The first-order valence-electron chi connectivity index (χ1n) is 6.54. The molecule has 0 aromatic heterocycles. The summed E-state index contributed by atoms with van der Waals surface area (Å²) in [6.45, 7) is 1.45. The molecule has 1 saturated heterocycles. The van der Waals surface area contributed by atoms with Crippen LogP contribution in [0.5, 0.6) is 0 Å². The average molecular weight is 329 g/mol. The molecule has 0 amide bonds. The summed E-state index contributed by atoms with van der Waals surface area (Å²) in [5, 5.41) is 0. The molecule has 0 aliphatic carbocycles. The monoisotopic (exact) mass is 328 g/mol. The van der Waals surface area contributed by atoms with Crippen molar-refractivity contribution in [3.63, 3.8) is 0 Å². The second kappa shape index (κ2) is 6.81. The van der Waals surface area contributed by atoms with Gasteiger partial charge >= 0.3 is 0 Å². The SMILES string of the molecule is COC1(C(Cc2ccccc2Br)NN)CCOCC1. The molecule has 1 aliphatic heterocycles. The van der Waals surface area contributed by atoms with E-state index in [1.165, 1.54) is 5.56 Å². The van der Waals surface area contributed by atoms with E-state index in [0.29, 0.717) is 0 Å². The lowest BCUT2D eigenvalue weighted by atomic mass is 9.83. The Bertz CT molecular complexity index is 408. The zero-order valence-electron chi connectivity index (χ0n) is 11.2. The van der Waals surface area contributed by atoms with Crippen LogP contribution < -0.4 is 11.3 Å². The Labute approximate surface area is 122 Å². The number of ether oxygens (including phenoxy) is 2. The average Bonchev–Trinajstić information content (AvgIpc) is 2.47. The molecule has 1 fully saturated rings. The summed E-state index contributed by atoms with van der Waals surface area (Å²) in [7, 11) is 1.76. The number of methoxy groups -OCH3 is 1. The molecule has 4 nitrogen and oxygen atoms in total. The molecular weight excluding hydrogens is 308 g/mol. The number of nitrogens with two attached hydrogens (primary N) is 1. The van der Waals surface area contributed by atoms with Crippen molar-refractivity contribution in [2.24, 2.45) is 5.84 Å². The summed E-state index contributed by atoms with van der Waals surface area (Å²) in [4.78, 5) is 0. The first kappa shape index (κ1) is 14.9. The summed E-state index contributed by atoms with van der Waals surface area (Å²) in [5.74, 6) is 5.78. The number of nitrogens with one attached hydrogen (secondary N) is 1. The summed E-state index contributed by atoms with van der Waals surface area (Å²) >= 11 is 3.58. The molecule has 2 rings (SSSR count). The van der Waals surface area contributed by atoms with Gasteiger partial charge in [0.2, 0.25) is 0 Å². The second-order valence-electron chi connectivity index (χ2n) is 4.90. The molecule has 0 radical (unpaired) electrons. The molecule has 19 heavy (non-hydrogen) atoms. The van der Waals surface area contributed by atoms with E-state index >= 15 is 0 Å². The van der Waals surface area contributed by atoms with Crippen molar-refractivity contribution in [1.82, 2.24) is 5.43 Å². The van der Waals surface area contributed by atoms with E-state index < -0.39 is 0 Å². The van der Waals surface area contributed by atoms with Gasteiger partial charge in [-0.1, -0.05) is 34.1 Å². The second-order valence-corrected chi connectivity index (χ2v) is 5.75. The van der Waals surface area contributed by atoms with E-state index in [2.05, 4.69) is 27.4 Å². The molecule has 3 N–H and O–H groups in total. The molecule has 0 bridgehead atoms. The van der Waals surface area contributed by atoms with E-state index in [9.17, 15) is 0 Å². The normalized spacial score (nSPS) is 20.2. The predicted molar refractivity (Wildman–Crippen MR) is 78.8 cm³/mol. The molecule has 0 spiro atoms. The highest BCUT2D eigenvalue weighted by Crippen LogP contribution is 2.31. The zero-order valence-corrected chi connectivity index (χ0v) is 12.8. The standard InChI is InChI=1S/C14H21BrN2O2/c1-18-14(6-8-19-9-7-14)13(17-16)10-11-4-2-3-5-12(11)15/h2-5,13,17H,6-10,16H2,1H3. The minimum Gasteiger partial charge on any atom is -0.381 e. The Kier molecular flexibility index (Phi) is 5.36. The van der Waals surface area contributed by atoms with Crippen LogP contribution in [0.1, 0.15) is 18.4 Å². The van der Waals surface area contributed by atoms with Gasteiger partial charge in [-0.2, -0.15) is 0 Å². The highest BCUT2D eigenvalue weighted by molar-refractivity contribution is 9.10. The number of halogens is 1. The summed E-state index contributed by atoms with van der Waals surface area (Å²) in [5.41, 5.74) is 3.92. The van der Waals surface area contributed by atoms with Gasteiger partial charge in [0.1, 0.15) is 0 Å². The van der Waals surface area contributed by atoms with Gasteiger partial charge in [-0.25, -0.2) is 0 Å². The topological polar surface area (TPSA) is 56.5 Å². The van der Waals surface area contributed by atoms with Crippen LogP contribution in [0.15, 0.2) is 28.7 Å². The Morgan fingerprint density at radius 2 is 2.11 bits per heavy atom. The lowest BCUT2D eigenvalue weighted by molar-refractivity contribution is -0.110. The van der Waals surface area contributed by atoms with E-state index in [4.69, 9.17) is 15.3 Å². The van der Waals surface area contributed by atoms with Crippen molar-refractivity contribution in [1.29, 1.82) is 0 Å². The van der Waals surface area contributed by atoms with Crippen molar-refractivity contribution in [3.05, 3.63) is 34.3 Å². The fourth-order valence-electron chi connectivity index (χ4n) is 2.69. The van der Waals surface area contributed by atoms with E-state index in [1.54, 1.807) is 7.11 Å². The van der Waals surface area contributed by atoms with Crippen LogP contribution in [-0.2, 0) is 15.9 Å². The number of rotatable bonds is 5. The Morgan fingerprint density at radius 1 is 1.42 bits per heavy atom. The molecular formula is C14H21BrN2O2. The Hall–Kier alpha value is -0.460. The molecule has 0 saturated carbocycles. The third-order valence-corrected chi connectivity index (χ3v) is 4.74. The van der Waals surface area contributed by atoms with Gasteiger partial charge in [0, 0.05) is 37.6 Å². The van der Waals surface area contributed by atoms with Crippen LogP contribution >= 0.6 is 15.9 Å². The summed E-state index contributed by atoms with van der Waals surface area (Å²) in [6.07, 6.45) is 2.55. The van der Waals surface area contributed by atoms with Gasteiger partial charge in [-0.3, -0.25) is 11.3 Å². The van der Waals surface area contributed by atoms with Crippen molar-refractivity contribution in [2.75, 3.05) is 20.3 Å². The highest BCUT2D eigenvalue weighted by Gasteiger charge is 2.40. The van der Waals surface area contributed by atoms with Crippen LogP contribution in [0.3, 0.4) is 0 Å². The zero-order chi connectivity index (χ0) is 13.7. The van der Waals surface area contributed by atoms with Crippen LogP contribution in [0.25, 0.3) is 0 Å². The van der Waals surface area contributed by atoms with Crippen LogP contribution in [0, 0.1) is 0 Å². The molecule has 1 unspecified atom stereocenters. The fraction of sp³-hybridized carbons (Fsp3) is 0.571. The van der Waals surface area contributed by atoms with Gasteiger partial charge in [0.05, 0.1) is 11.6 Å². The maximum atomic E-state index is 5.81. The van der Waals surface area contributed by atoms with Gasteiger partial charge in [-0.05, 0) is 18.1 Å². The van der Waals surface area contributed by atoms with Gasteiger partial charge < -0.3 is 9.47 Å². The number of benzene rings is 1. The molecule has 106 valence electrons. The Balaban J connectivity index is 2.17. The van der Waals surface area contributed by atoms with E-state index in [0.717, 1.165) is 36.9 Å². The van der Waals surface area contributed by atoms with Crippen LogP contribution in [0.4, 0.5) is 0 Å². The molecule has 1 heterocycles. The van der Waals surface area contributed by atoms with Crippen molar-refractivity contribution >= 4 is 15.9 Å². The maximum Gasteiger partial charge on any atom is 0.0891 e. The van der Waals surface area contributed by atoms with Crippen LogP contribution in [0.2, 0.25) is 0 Å². The fourth-order valence-corrected chi connectivity index (χ4v) is 3.14. The third-order valence-electron chi connectivity index (χ3n) is 3.96. The van der Waals surface area contributed by atoms with Gasteiger partial charge in [0.15, 0.2) is 0 Å². The van der Waals surface area contributed by atoms with Crippen LogP contribution in [-0.4, -0.2) is 32.0 Å². The highest BCUT2D eigenvalue weighted by atomic mass is 79.9. The largest absolute Gasteiger partial charge is 0.381 e. The smallest absolute Gasteiger partial charge is 0.0891 e. The first-order chi connectivity index (χ1) is 9.22. The third kappa shape index (κ3) is 3.35. The molecule has 1 aromatic carbocycles. The summed E-state index contributed by atoms with van der Waals surface area (Å²) < 4.78 is 12.3. The Morgan fingerprint density at radius 3 is 2.68 bits per heavy atom. The first-order valence-corrected chi connectivity index (χ1v) is 7.33. The van der Waals surface area contributed by atoms with Gasteiger partial charge in [-0.15, -0.1) is 0 Å². The molecule has 1 aliphatic rings. The number of hydrogen-bond acceptors (Lipinski definition) is 4. The van der Waals surface area contributed by atoms with E-state index in [-0.39, 0.29) is 11.6 Å². The molecule has 5 heteroatoms. The minimum atomic E-state index is -0.248. The molecule has 1 atom stereocenters. The van der Waals surface area contributed by atoms with Crippen molar-refractivity contribution < 1.29 is 9.47 Å². The minimum absolute atomic E-state index is 0.0695. The van der Waals surface area contributed by atoms with Crippen molar-refractivity contribution in [2.45, 2.75) is 30.9 Å².